The first-order chi connectivity index (χ1) is 8.04. The van der Waals surface area contributed by atoms with Gasteiger partial charge in [0.2, 0.25) is 0 Å². The average Bonchev–Trinajstić information content (AvgIpc) is 2.21. The van der Waals surface area contributed by atoms with E-state index in [0.717, 1.165) is 9.37 Å². The Hall–Kier alpha value is -1.27. The van der Waals surface area contributed by atoms with Gasteiger partial charge in [0.15, 0.2) is 5.16 Å². The molecule has 4 nitrogen and oxygen atoms in total. The van der Waals surface area contributed by atoms with Crippen molar-refractivity contribution in [3.05, 3.63) is 44.8 Å². The molecule has 0 atom stereocenters. The van der Waals surface area contributed by atoms with E-state index in [9.17, 15) is 4.79 Å². The third kappa shape index (κ3) is 3.10. The molecule has 0 aliphatic heterocycles. The van der Waals surface area contributed by atoms with E-state index in [-0.39, 0.29) is 5.56 Å². The first kappa shape index (κ1) is 12.2. The Morgan fingerprint density at radius 3 is 2.82 bits per heavy atom. The third-order valence-corrected chi connectivity index (χ3v) is 3.89. The number of nitrogen functional groups attached to an aromatic ring is 1. The Labute approximate surface area is 111 Å². The maximum atomic E-state index is 11.3. The Morgan fingerprint density at radius 2 is 2.18 bits per heavy atom. The molecule has 3 N–H and O–H groups in total. The molecule has 0 saturated carbocycles. The van der Waals surface area contributed by atoms with Crippen LogP contribution in [0.25, 0.3) is 0 Å². The van der Waals surface area contributed by atoms with Crippen molar-refractivity contribution < 1.29 is 0 Å². The molecule has 0 fully saturated rings. The van der Waals surface area contributed by atoms with Crippen molar-refractivity contribution in [1.82, 2.24) is 9.97 Å². The number of rotatable bonds is 2. The summed E-state index contributed by atoms with van der Waals surface area (Å²) in [6.45, 7) is 1.79. The number of aromatic amines is 1. The number of nitrogens with two attached hydrogens (primary N) is 1. The summed E-state index contributed by atoms with van der Waals surface area (Å²) < 4.78 is 0.881. The SMILES string of the molecule is Cc1cc(=O)[nH]c(Sc2ccc(N)cc2Br)n1. The summed E-state index contributed by atoms with van der Waals surface area (Å²) >= 11 is 4.80. The fraction of sp³-hybridized carbons (Fsp3) is 0.0909. The van der Waals surface area contributed by atoms with Crippen LogP contribution >= 0.6 is 27.7 Å². The smallest absolute Gasteiger partial charge is 0.251 e. The topological polar surface area (TPSA) is 71.8 Å². The van der Waals surface area contributed by atoms with E-state index in [1.165, 1.54) is 17.8 Å². The second-order valence-corrected chi connectivity index (χ2v) is 5.37. The fourth-order valence-electron chi connectivity index (χ4n) is 1.30. The van der Waals surface area contributed by atoms with Crippen LogP contribution in [0.1, 0.15) is 5.69 Å². The molecule has 1 aromatic carbocycles. The van der Waals surface area contributed by atoms with Gasteiger partial charge in [0.25, 0.3) is 5.56 Å². The molecule has 6 heteroatoms. The Kier molecular flexibility index (Phi) is 3.54. The molecule has 2 aromatic rings. The van der Waals surface area contributed by atoms with E-state index in [1.54, 1.807) is 13.0 Å². The van der Waals surface area contributed by atoms with Gasteiger partial charge in [-0.05, 0) is 41.1 Å². The van der Waals surface area contributed by atoms with E-state index in [2.05, 4.69) is 25.9 Å². The Balaban J connectivity index is 2.34. The van der Waals surface area contributed by atoms with Crippen molar-refractivity contribution in [2.24, 2.45) is 0 Å². The predicted molar refractivity (Wildman–Crippen MR) is 72.3 cm³/mol. The molecule has 1 heterocycles. The van der Waals surface area contributed by atoms with Crippen LogP contribution in [0.2, 0.25) is 0 Å². The van der Waals surface area contributed by atoms with Crippen LogP contribution in [-0.2, 0) is 0 Å². The van der Waals surface area contributed by atoms with Crippen molar-refractivity contribution in [3.8, 4) is 0 Å². The van der Waals surface area contributed by atoms with Crippen LogP contribution in [0.3, 0.4) is 0 Å². The summed E-state index contributed by atoms with van der Waals surface area (Å²) in [5.74, 6) is 0. The lowest BCUT2D eigenvalue weighted by Gasteiger charge is -2.04. The van der Waals surface area contributed by atoms with Crippen LogP contribution in [0.15, 0.2) is 43.6 Å². The zero-order chi connectivity index (χ0) is 12.4. The predicted octanol–water partition coefficient (Wildman–Crippen LogP) is 2.57. The van der Waals surface area contributed by atoms with E-state index in [0.29, 0.717) is 16.5 Å². The lowest BCUT2D eigenvalue weighted by atomic mass is 10.3. The van der Waals surface area contributed by atoms with Gasteiger partial charge in [-0.2, -0.15) is 0 Å². The lowest BCUT2D eigenvalue weighted by molar-refractivity contribution is 0.905. The minimum Gasteiger partial charge on any atom is -0.399 e. The molecule has 0 aliphatic carbocycles. The standard InChI is InChI=1S/C11H10BrN3OS/c1-6-4-10(16)15-11(14-6)17-9-3-2-7(13)5-8(9)12/h2-5H,13H2,1H3,(H,14,15,16). The summed E-state index contributed by atoms with van der Waals surface area (Å²) in [5.41, 5.74) is 6.89. The number of benzene rings is 1. The second kappa shape index (κ2) is 4.93. The zero-order valence-corrected chi connectivity index (χ0v) is 11.4. The third-order valence-electron chi connectivity index (χ3n) is 2.01. The van der Waals surface area contributed by atoms with Crippen LogP contribution in [-0.4, -0.2) is 9.97 Å². The first-order valence-electron chi connectivity index (χ1n) is 4.85. The fourth-order valence-corrected chi connectivity index (χ4v) is 2.79. The van der Waals surface area contributed by atoms with Gasteiger partial charge in [-0.1, -0.05) is 11.8 Å². The van der Waals surface area contributed by atoms with Crippen molar-refractivity contribution in [2.45, 2.75) is 17.0 Å². The number of nitrogens with zero attached hydrogens (tertiary/aromatic N) is 1. The number of anilines is 1. The molecule has 17 heavy (non-hydrogen) atoms. The van der Waals surface area contributed by atoms with Crippen molar-refractivity contribution in [3.63, 3.8) is 0 Å². The van der Waals surface area contributed by atoms with E-state index < -0.39 is 0 Å². The van der Waals surface area contributed by atoms with Crippen LogP contribution < -0.4 is 11.3 Å². The van der Waals surface area contributed by atoms with Crippen molar-refractivity contribution >= 4 is 33.4 Å². The molecule has 0 unspecified atom stereocenters. The van der Waals surface area contributed by atoms with Gasteiger partial charge in [0, 0.05) is 26.8 Å². The second-order valence-electron chi connectivity index (χ2n) is 3.48. The highest BCUT2D eigenvalue weighted by atomic mass is 79.9. The highest BCUT2D eigenvalue weighted by molar-refractivity contribution is 9.10. The molecular formula is C11H10BrN3OS. The molecule has 0 spiro atoms. The summed E-state index contributed by atoms with van der Waals surface area (Å²) in [7, 11) is 0. The van der Waals surface area contributed by atoms with Gasteiger partial charge in [-0.25, -0.2) is 4.98 Å². The largest absolute Gasteiger partial charge is 0.399 e. The van der Waals surface area contributed by atoms with Crippen LogP contribution in [0.5, 0.6) is 0 Å². The molecule has 1 aromatic heterocycles. The van der Waals surface area contributed by atoms with Gasteiger partial charge >= 0.3 is 0 Å². The highest BCUT2D eigenvalue weighted by Crippen LogP contribution is 2.32. The number of aryl methyl sites for hydroxylation is 1. The van der Waals surface area contributed by atoms with Gasteiger partial charge in [-0.15, -0.1) is 0 Å². The van der Waals surface area contributed by atoms with E-state index >= 15 is 0 Å². The minimum absolute atomic E-state index is 0.147. The maximum absolute atomic E-state index is 11.3. The summed E-state index contributed by atoms with van der Waals surface area (Å²) in [6, 6.07) is 6.96. The van der Waals surface area contributed by atoms with Gasteiger partial charge < -0.3 is 10.7 Å². The molecule has 0 saturated heterocycles. The van der Waals surface area contributed by atoms with Crippen molar-refractivity contribution in [1.29, 1.82) is 0 Å². The lowest BCUT2D eigenvalue weighted by Crippen LogP contribution is -2.07. The summed E-state index contributed by atoms with van der Waals surface area (Å²) in [4.78, 5) is 19.2. The maximum Gasteiger partial charge on any atom is 0.251 e. The monoisotopic (exact) mass is 311 g/mol. The number of aromatic nitrogens is 2. The van der Waals surface area contributed by atoms with Crippen molar-refractivity contribution in [2.75, 3.05) is 5.73 Å². The Bertz CT molecular complexity index is 612. The van der Waals surface area contributed by atoms with E-state index in [4.69, 9.17) is 5.73 Å². The molecule has 2 rings (SSSR count). The molecule has 88 valence electrons. The molecule has 0 radical (unpaired) electrons. The van der Waals surface area contributed by atoms with Gasteiger partial charge in [0.05, 0.1) is 0 Å². The number of hydrogen-bond donors (Lipinski definition) is 2. The number of H-pyrrole nitrogens is 1. The highest BCUT2D eigenvalue weighted by Gasteiger charge is 2.05. The molecular weight excluding hydrogens is 302 g/mol. The number of halogens is 1. The van der Waals surface area contributed by atoms with Crippen LogP contribution in [0, 0.1) is 6.92 Å². The van der Waals surface area contributed by atoms with Crippen LogP contribution in [0.4, 0.5) is 5.69 Å². The normalized spacial score (nSPS) is 10.5. The first-order valence-corrected chi connectivity index (χ1v) is 6.46. The number of hydrogen-bond acceptors (Lipinski definition) is 4. The minimum atomic E-state index is -0.147. The van der Waals surface area contributed by atoms with Gasteiger partial charge in [-0.3, -0.25) is 4.79 Å². The average molecular weight is 312 g/mol. The Morgan fingerprint density at radius 1 is 1.41 bits per heavy atom. The molecule has 0 amide bonds. The quantitative estimate of drug-likeness (QED) is 0.660. The zero-order valence-electron chi connectivity index (χ0n) is 9.03. The molecule has 0 aliphatic rings. The summed E-state index contributed by atoms with van der Waals surface area (Å²) in [5, 5.41) is 0.570. The molecule has 0 bridgehead atoms. The summed E-state index contributed by atoms with van der Waals surface area (Å²) in [6.07, 6.45) is 0. The van der Waals surface area contributed by atoms with E-state index in [1.807, 2.05) is 12.1 Å². The van der Waals surface area contributed by atoms with Gasteiger partial charge in [0.1, 0.15) is 0 Å². The number of nitrogens with one attached hydrogen (secondary N) is 1.